The van der Waals surface area contributed by atoms with Crippen LogP contribution in [-0.4, -0.2) is 114 Å². The molecule has 2 unspecified atom stereocenters. The maximum absolute atomic E-state index is 13.7. The number of ether oxygens (including phenoxy) is 1. The van der Waals surface area contributed by atoms with Crippen LogP contribution in [0.25, 0.3) is 0 Å². The van der Waals surface area contributed by atoms with E-state index in [-0.39, 0.29) is 23.3 Å². The number of likely N-dealkylation sites (tertiary alicyclic amines) is 2. The van der Waals surface area contributed by atoms with Crippen molar-refractivity contribution in [2.75, 3.05) is 52.1 Å². The molecule has 4 fully saturated rings. The van der Waals surface area contributed by atoms with Crippen LogP contribution in [0.5, 0.6) is 0 Å². The molecule has 0 saturated carbocycles. The fraction of sp³-hybridized carbons (Fsp3) is 0.812. The molecule has 0 aliphatic carbocycles. The molecule has 0 bridgehead atoms. The average molecular weight is 633 g/mol. The fourth-order valence-electron chi connectivity index (χ4n) is 8.28. The van der Waals surface area contributed by atoms with Crippen molar-refractivity contribution in [2.45, 2.75) is 102 Å². The molecule has 1 aromatic rings. The van der Waals surface area contributed by atoms with E-state index in [0.29, 0.717) is 36.6 Å². The number of carbonyl (C=O) groups excluding carboxylic acids is 2. The van der Waals surface area contributed by atoms with Crippen LogP contribution in [0.1, 0.15) is 93.4 Å². The number of sulfone groups is 1. The normalized spacial score (nSPS) is 25.6. The number of carbonyl (C=O) groups is 2. The lowest BCUT2D eigenvalue weighted by atomic mass is 9.74. The Bertz CT molecular complexity index is 1280. The molecule has 11 nitrogen and oxygen atoms in total. The summed E-state index contributed by atoms with van der Waals surface area (Å²) in [5.41, 5.74) is 1.43. The van der Waals surface area contributed by atoms with E-state index in [4.69, 9.17) is 4.74 Å². The van der Waals surface area contributed by atoms with Gasteiger partial charge in [-0.2, -0.15) is 0 Å². The number of unbranched alkanes of at least 4 members (excludes halogenated alkanes) is 1. The molecule has 5 rings (SSSR count). The van der Waals surface area contributed by atoms with Crippen LogP contribution >= 0.6 is 0 Å². The van der Waals surface area contributed by atoms with Crippen LogP contribution in [0.3, 0.4) is 0 Å². The predicted octanol–water partition coefficient (Wildman–Crippen LogP) is 3.55. The Hall–Kier alpha value is -2.31. The Morgan fingerprint density at radius 3 is 2.25 bits per heavy atom. The first-order valence-corrected chi connectivity index (χ1v) is 18.6. The van der Waals surface area contributed by atoms with Crippen LogP contribution in [0, 0.1) is 25.7 Å². The molecule has 1 N–H and O–H groups in total. The molecule has 44 heavy (non-hydrogen) atoms. The average Bonchev–Trinajstić information content (AvgIpc) is 2.98. The Balaban J connectivity index is 1.26. The maximum Gasteiger partial charge on any atom is 0.411 e. The van der Waals surface area contributed by atoms with Gasteiger partial charge >= 0.3 is 6.09 Å². The summed E-state index contributed by atoms with van der Waals surface area (Å²) >= 11 is 0. The first-order chi connectivity index (χ1) is 20.9. The number of nitrogens with zero attached hydrogens (tertiary/aromatic N) is 5. The van der Waals surface area contributed by atoms with Crippen molar-refractivity contribution < 1.29 is 22.7 Å². The smallest absolute Gasteiger partial charge is 0.411 e. The summed E-state index contributed by atoms with van der Waals surface area (Å²) in [5.74, 6) is 0.0242. The molecular weight excluding hydrogens is 580 g/mol. The molecule has 4 aliphatic rings. The molecule has 4 saturated heterocycles. The zero-order valence-corrected chi connectivity index (χ0v) is 28.1. The second-order valence-corrected chi connectivity index (χ2v) is 16.1. The SMILES string of the molecule is CCCCC1CN(C(C2CCNCC2)S(C)(=O)=O)C(=O)OC12CCN(C1(C)CCN(C(=O)c3c(C)ncnc3C)CC1)CC2. The second kappa shape index (κ2) is 13.2. The van der Waals surface area contributed by atoms with E-state index < -0.39 is 26.9 Å². The highest BCUT2D eigenvalue weighted by molar-refractivity contribution is 7.91. The zero-order chi connectivity index (χ0) is 31.7. The Labute approximate surface area is 263 Å². The van der Waals surface area contributed by atoms with E-state index in [1.54, 1.807) is 4.90 Å². The lowest BCUT2D eigenvalue weighted by Gasteiger charge is -2.55. The quantitative estimate of drug-likeness (QED) is 0.458. The van der Waals surface area contributed by atoms with Crippen molar-refractivity contribution in [3.63, 3.8) is 0 Å². The summed E-state index contributed by atoms with van der Waals surface area (Å²) in [7, 11) is -3.49. The highest BCUT2D eigenvalue weighted by atomic mass is 32.2. The highest BCUT2D eigenvalue weighted by Crippen LogP contribution is 2.44. The Kier molecular flexibility index (Phi) is 9.92. The van der Waals surface area contributed by atoms with Crippen molar-refractivity contribution in [3.8, 4) is 0 Å². The van der Waals surface area contributed by atoms with Gasteiger partial charge in [0.25, 0.3) is 5.91 Å². The molecule has 0 radical (unpaired) electrons. The third-order valence-corrected chi connectivity index (χ3v) is 12.6. The summed E-state index contributed by atoms with van der Waals surface area (Å²) < 4.78 is 32.6. The number of rotatable bonds is 8. The van der Waals surface area contributed by atoms with Crippen molar-refractivity contribution in [2.24, 2.45) is 11.8 Å². The summed E-state index contributed by atoms with van der Waals surface area (Å²) in [6.07, 6.45) is 9.99. The van der Waals surface area contributed by atoms with Crippen LogP contribution < -0.4 is 5.32 Å². The van der Waals surface area contributed by atoms with E-state index >= 15 is 0 Å². The van der Waals surface area contributed by atoms with Crippen LogP contribution in [0.15, 0.2) is 6.33 Å². The van der Waals surface area contributed by atoms with Gasteiger partial charge < -0.3 is 15.0 Å². The summed E-state index contributed by atoms with van der Waals surface area (Å²) in [6.45, 7) is 13.1. The van der Waals surface area contributed by atoms with Gasteiger partial charge in [-0.3, -0.25) is 14.6 Å². The zero-order valence-electron chi connectivity index (χ0n) is 27.3. The number of nitrogens with one attached hydrogen (secondary N) is 1. The van der Waals surface area contributed by atoms with E-state index in [2.05, 4.69) is 34.0 Å². The van der Waals surface area contributed by atoms with Crippen molar-refractivity contribution in [3.05, 3.63) is 23.3 Å². The molecule has 246 valence electrons. The minimum atomic E-state index is -3.49. The topological polar surface area (TPSA) is 125 Å². The third-order valence-electron chi connectivity index (χ3n) is 11.1. The number of amides is 2. The second-order valence-electron chi connectivity index (χ2n) is 13.9. The van der Waals surface area contributed by atoms with Crippen molar-refractivity contribution >= 4 is 21.8 Å². The van der Waals surface area contributed by atoms with Crippen LogP contribution in [0.4, 0.5) is 4.79 Å². The molecule has 4 aliphatic heterocycles. The third kappa shape index (κ3) is 6.63. The van der Waals surface area contributed by atoms with Gasteiger partial charge in [-0.25, -0.2) is 23.2 Å². The Morgan fingerprint density at radius 2 is 1.68 bits per heavy atom. The van der Waals surface area contributed by atoms with E-state index in [1.165, 1.54) is 12.6 Å². The molecular formula is C32H52N6O5S. The molecule has 1 spiro atoms. The standard InChI is InChI=1S/C32H52N6O5S/c1-6-7-8-26-21-38(29(44(5,41)42)25-9-15-33-16-10-25)30(40)43-32(26)13-19-37(20-14-32)31(4)11-17-36(18-12-31)28(39)27-23(2)34-22-35-24(27)3/h22,25-26,29,33H,6-21H2,1-5H3. The summed E-state index contributed by atoms with van der Waals surface area (Å²) in [6, 6.07) is 0. The van der Waals surface area contributed by atoms with Gasteiger partial charge in [0.2, 0.25) is 0 Å². The van der Waals surface area contributed by atoms with Gasteiger partial charge in [0.15, 0.2) is 9.84 Å². The number of hydrogen-bond acceptors (Lipinski definition) is 9. The van der Waals surface area contributed by atoms with Gasteiger partial charge in [0.1, 0.15) is 17.3 Å². The van der Waals surface area contributed by atoms with Crippen LogP contribution in [0.2, 0.25) is 0 Å². The number of aromatic nitrogens is 2. The minimum absolute atomic E-state index is 0.00886. The van der Waals surface area contributed by atoms with Gasteiger partial charge in [-0.1, -0.05) is 19.8 Å². The number of piperidine rings is 3. The molecule has 1 aromatic heterocycles. The lowest BCUT2D eigenvalue weighted by Crippen LogP contribution is -2.65. The van der Waals surface area contributed by atoms with E-state index in [1.807, 2.05) is 18.7 Å². The monoisotopic (exact) mass is 632 g/mol. The molecule has 12 heteroatoms. The fourth-order valence-corrected chi connectivity index (χ4v) is 9.88. The largest absolute Gasteiger partial charge is 0.442 e. The molecule has 2 atom stereocenters. The van der Waals surface area contributed by atoms with Gasteiger partial charge in [-0.05, 0) is 71.9 Å². The lowest BCUT2D eigenvalue weighted by molar-refractivity contribution is -0.136. The molecule has 0 aromatic carbocycles. The number of hydrogen-bond donors (Lipinski definition) is 1. The maximum atomic E-state index is 13.7. The minimum Gasteiger partial charge on any atom is -0.442 e. The summed E-state index contributed by atoms with van der Waals surface area (Å²) in [4.78, 5) is 41.6. The Morgan fingerprint density at radius 1 is 1.07 bits per heavy atom. The van der Waals surface area contributed by atoms with Gasteiger partial charge in [0, 0.05) is 63.3 Å². The highest BCUT2D eigenvalue weighted by Gasteiger charge is 2.54. The predicted molar refractivity (Wildman–Crippen MR) is 169 cm³/mol. The molecule has 2 amide bonds. The van der Waals surface area contributed by atoms with Crippen LogP contribution in [-0.2, 0) is 14.6 Å². The first kappa shape index (κ1) is 33.1. The van der Waals surface area contributed by atoms with Crippen molar-refractivity contribution in [1.29, 1.82) is 0 Å². The van der Waals surface area contributed by atoms with E-state index in [9.17, 15) is 18.0 Å². The van der Waals surface area contributed by atoms with E-state index in [0.717, 1.165) is 84.0 Å². The van der Waals surface area contributed by atoms with Gasteiger partial charge in [-0.15, -0.1) is 0 Å². The summed E-state index contributed by atoms with van der Waals surface area (Å²) in [5, 5.41) is 2.48. The number of aryl methyl sites for hydroxylation is 2. The van der Waals surface area contributed by atoms with Crippen molar-refractivity contribution in [1.82, 2.24) is 30.0 Å². The molecule has 5 heterocycles. The first-order valence-electron chi connectivity index (χ1n) is 16.6. The van der Waals surface area contributed by atoms with Gasteiger partial charge in [0.05, 0.1) is 17.0 Å².